The molecular formula is C13H14N2O3. The van der Waals surface area contributed by atoms with E-state index in [-0.39, 0.29) is 11.7 Å². The van der Waals surface area contributed by atoms with Crippen LogP contribution in [0.1, 0.15) is 28.5 Å². The molecule has 0 bridgehead atoms. The minimum absolute atomic E-state index is 0.0960. The molecule has 1 aromatic carbocycles. The predicted octanol–water partition coefficient (Wildman–Crippen LogP) is 2.55. The first-order valence-electron chi connectivity index (χ1n) is 5.70. The van der Waals surface area contributed by atoms with Crippen molar-refractivity contribution in [2.75, 3.05) is 5.32 Å². The Hall–Kier alpha value is -2.30. The van der Waals surface area contributed by atoms with E-state index in [0.29, 0.717) is 6.54 Å². The van der Waals surface area contributed by atoms with Crippen LogP contribution in [0.15, 0.2) is 34.9 Å². The number of hydrogen-bond acceptors (Lipinski definition) is 4. The molecule has 0 aliphatic heterocycles. The fraction of sp³-hybridized carbons (Fsp3) is 0.231. The second kappa shape index (κ2) is 5.35. The van der Waals surface area contributed by atoms with Crippen LogP contribution in [0, 0.1) is 0 Å². The van der Waals surface area contributed by atoms with Crippen molar-refractivity contribution < 1.29 is 14.3 Å². The Bertz CT molecular complexity index is 549. The zero-order valence-corrected chi connectivity index (χ0v) is 10.0. The molecule has 2 N–H and O–H groups in total. The normalized spacial score (nSPS) is 10.3. The Balaban J connectivity index is 2.04. The SMILES string of the molecule is CCc1ccccc1CNc1nc(C(=O)O)co1. The van der Waals surface area contributed by atoms with Gasteiger partial charge in [0.25, 0.3) is 6.01 Å². The van der Waals surface area contributed by atoms with Crippen molar-refractivity contribution in [3.05, 3.63) is 47.3 Å². The molecule has 18 heavy (non-hydrogen) atoms. The average molecular weight is 246 g/mol. The van der Waals surface area contributed by atoms with Crippen LogP contribution in [0.25, 0.3) is 0 Å². The van der Waals surface area contributed by atoms with E-state index in [9.17, 15) is 4.79 Å². The summed E-state index contributed by atoms with van der Waals surface area (Å²) in [7, 11) is 0. The molecule has 2 aromatic rings. The van der Waals surface area contributed by atoms with Crippen molar-refractivity contribution in [1.29, 1.82) is 0 Å². The lowest BCUT2D eigenvalue weighted by Crippen LogP contribution is -2.03. The maximum atomic E-state index is 10.6. The number of aromatic nitrogens is 1. The van der Waals surface area contributed by atoms with Gasteiger partial charge in [0.05, 0.1) is 0 Å². The lowest BCUT2D eigenvalue weighted by atomic mass is 10.1. The summed E-state index contributed by atoms with van der Waals surface area (Å²) in [6.07, 6.45) is 2.07. The molecule has 0 amide bonds. The number of nitrogens with zero attached hydrogens (tertiary/aromatic N) is 1. The summed E-state index contributed by atoms with van der Waals surface area (Å²) in [4.78, 5) is 14.4. The van der Waals surface area contributed by atoms with Gasteiger partial charge in [-0.05, 0) is 17.5 Å². The van der Waals surface area contributed by atoms with Gasteiger partial charge in [-0.3, -0.25) is 0 Å². The maximum absolute atomic E-state index is 10.6. The second-order valence-electron chi connectivity index (χ2n) is 3.82. The largest absolute Gasteiger partial charge is 0.476 e. The summed E-state index contributed by atoms with van der Waals surface area (Å²) in [5.74, 6) is -1.10. The fourth-order valence-electron chi connectivity index (χ4n) is 1.70. The highest BCUT2D eigenvalue weighted by Crippen LogP contribution is 2.13. The number of nitrogens with one attached hydrogen (secondary N) is 1. The van der Waals surface area contributed by atoms with Crippen molar-refractivity contribution in [2.24, 2.45) is 0 Å². The maximum Gasteiger partial charge on any atom is 0.357 e. The van der Waals surface area contributed by atoms with Crippen molar-refractivity contribution in [3.63, 3.8) is 0 Å². The van der Waals surface area contributed by atoms with Crippen LogP contribution in [0.4, 0.5) is 6.01 Å². The summed E-state index contributed by atoms with van der Waals surface area (Å²) < 4.78 is 5.02. The smallest absolute Gasteiger partial charge is 0.357 e. The van der Waals surface area contributed by atoms with E-state index in [1.54, 1.807) is 0 Å². The monoisotopic (exact) mass is 246 g/mol. The highest BCUT2D eigenvalue weighted by molar-refractivity contribution is 5.85. The molecule has 0 aliphatic rings. The summed E-state index contributed by atoms with van der Waals surface area (Å²) in [5.41, 5.74) is 2.30. The van der Waals surface area contributed by atoms with E-state index in [1.807, 2.05) is 18.2 Å². The number of carboxylic acids is 1. The molecule has 0 radical (unpaired) electrons. The summed E-state index contributed by atoms with van der Waals surface area (Å²) in [6, 6.07) is 8.27. The number of oxazole rings is 1. The van der Waals surface area contributed by atoms with Crippen LogP contribution in [0.5, 0.6) is 0 Å². The number of hydrogen-bond donors (Lipinski definition) is 2. The molecule has 5 nitrogen and oxygen atoms in total. The number of aromatic carboxylic acids is 1. The van der Waals surface area contributed by atoms with Crippen LogP contribution >= 0.6 is 0 Å². The quantitative estimate of drug-likeness (QED) is 0.847. The molecule has 1 heterocycles. The molecule has 0 unspecified atom stereocenters. The molecule has 0 spiro atoms. The minimum atomic E-state index is -1.10. The summed E-state index contributed by atoms with van der Waals surface area (Å²) in [6.45, 7) is 2.65. The van der Waals surface area contributed by atoms with Gasteiger partial charge in [-0.2, -0.15) is 4.98 Å². The van der Waals surface area contributed by atoms with Crippen LogP contribution < -0.4 is 5.32 Å². The zero-order valence-electron chi connectivity index (χ0n) is 10.0. The first-order chi connectivity index (χ1) is 8.70. The summed E-state index contributed by atoms with van der Waals surface area (Å²) >= 11 is 0. The number of anilines is 1. The molecule has 0 saturated heterocycles. The molecular weight excluding hydrogens is 232 g/mol. The fourth-order valence-corrected chi connectivity index (χ4v) is 1.70. The van der Waals surface area contributed by atoms with E-state index in [4.69, 9.17) is 9.52 Å². The number of carbonyl (C=O) groups is 1. The Morgan fingerprint density at radius 2 is 2.11 bits per heavy atom. The van der Waals surface area contributed by atoms with Gasteiger partial charge in [0, 0.05) is 6.54 Å². The summed E-state index contributed by atoms with van der Waals surface area (Å²) in [5, 5.41) is 11.7. The molecule has 0 fully saturated rings. The van der Waals surface area contributed by atoms with Gasteiger partial charge in [0.1, 0.15) is 6.26 Å². The second-order valence-corrected chi connectivity index (χ2v) is 3.82. The Labute approximate surface area is 104 Å². The first kappa shape index (κ1) is 12.2. The van der Waals surface area contributed by atoms with Crippen molar-refractivity contribution in [3.8, 4) is 0 Å². The number of aryl methyl sites for hydroxylation is 1. The van der Waals surface area contributed by atoms with Crippen molar-refractivity contribution >= 4 is 12.0 Å². The van der Waals surface area contributed by atoms with E-state index in [1.165, 1.54) is 5.56 Å². The van der Waals surface area contributed by atoms with Gasteiger partial charge in [-0.15, -0.1) is 0 Å². The number of carboxylic acid groups (broad SMARTS) is 1. The lowest BCUT2D eigenvalue weighted by Gasteiger charge is -2.07. The molecule has 0 saturated carbocycles. The number of rotatable bonds is 5. The Morgan fingerprint density at radius 1 is 1.39 bits per heavy atom. The highest BCUT2D eigenvalue weighted by Gasteiger charge is 2.10. The van der Waals surface area contributed by atoms with E-state index < -0.39 is 5.97 Å². The van der Waals surface area contributed by atoms with E-state index in [2.05, 4.69) is 23.3 Å². The molecule has 0 aliphatic carbocycles. The third-order valence-corrected chi connectivity index (χ3v) is 2.65. The Morgan fingerprint density at radius 3 is 2.72 bits per heavy atom. The minimum Gasteiger partial charge on any atom is -0.476 e. The van der Waals surface area contributed by atoms with Gasteiger partial charge >= 0.3 is 5.97 Å². The van der Waals surface area contributed by atoms with E-state index in [0.717, 1.165) is 18.2 Å². The highest BCUT2D eigenvalue weighted by atomic mass is 16.4. The third-order valence-electron chi connectivity index (χ3n) is 2.65. The molecule has 2 rings (SSSR count). The zero-order chi connectivity index (χ0) is 13.0. The van der Waals surface area contributed by atoms with Crippen molar-refractivity contribution in [2.45, 2.75) is 19.9 Å². The van der Waals surface area contributed by atoms with E-state index >= 15 is 0 Å². The third kappa shape index (κ3) is 2.68. The number of benzene rings is 1. The van der Waals surface area contributed by atoms with Crippen LogP contribution in [0.3, 0.4) is 0 Å². The first-order valence-corrected chi connectivity index (χ1v) is 5.70. The predicted molar refractivity (Wildman–Crippen MR) is 66.6 cm³/mol. The Kier molecular flexibility index (Phi) is 3.62. The average Bonchev–Trinajstić information content (AvgIpc) is 2.85. The lowest BCUT2D eigenvalue weighted by molar-refractivity contribution is 0.0690. The van der Waals surface area contributed by atoms with Gasteiger partial charge < -0.3 is 14.8 Å². The molecule has 94 valence electrons. The van der Waals surface area contributed by atoms with Gasteiger partial charge in [-0.25, -0.2) is 4.79 Å². The standard InChI is InChI=1S/C13H14N2O3/c1-2-9-5-3-4-6-10(9)7-14-13-15-11(8-18-13)12(16)17/h3-6,8H,2,7H2,1H3,(H,14,15)(H,16,17). The topological polar surface area (TPSA) is 75.4 Å². The van der Waals surface area contributed by atoms with Crippen LogP contribution in [0.2, 0.25) is 0 Å². The molecule has 1 aromatic heterocycles. The van der Waals surface area contributed by atoms with Gasteiger partial charge in [0.2, 0.25) is 0 Å². The van der Waals surface area contributed by atoms with Crippen LogP contribution in [-0.2, 0) is 13.0 Å². The molecule has 5 heteroatoms. The van der Waals surface area contributed by atoms with Crippen LogP contribution in [-0.4, -0.2) is 16.1 Å². The molecule has 0 atom stereocenters. The van der Waals surface area contributed by atoms with Crippen molar-refractivity contribution in [1.82, 2.24) is 4.98 Å². The van der Waals surface area contributed by atoms with Gasteiger partial charge in [0.15, 0.2) is 5.69 Å². The van der Waals surface area contributed by atoms with Gasteiger partial charge in [-0.1, -0.05) is 31.2 Å².